The van der Waals surface area contributed by atoms with Crippen LogP contribution in [0.5, 0.6) is 6.01 Å². The van der Waals surface area contributed by atoms with Crippen LogP contribution in [0.25, 0.3) is 33.5 Å². The van der Waals surface area contributed by atoms with Crippen molar-refractivity contribution >= 4 is 17.0 Å². The summed E-state index contributed by atoms with van der Waals surface area (Å²) in [6.07, 6.45) is 0. The lowest BCUT2D eigenvalue weighted by molar-refractivity contribution is 0.0528. The highest BCUT2D eigenvalue weighted by atomic mass is 16.5. The van der Waals surface area contributed by atoms with Gasteiger partial charge < -0.3 is 9.47 Å². The van der Waals surface area contributed by atoms with E-state index in [0.29, 0.717) is 48.2 Å². The first-order valence-corrected chi connectivity index (χ1v) is 11.4. The summed E-state index contributed by atoms with van der Waals surface area (Å²) in [4.78, 5) is 17.3. The van der Waals surface area contributed by atoms with Crippen LogP contribution in [0.4, 0.5) is 0 Å². The van der Waals surface area contributed by atoms with Crippen LogP contribution in [0.1, 0.15) is 29.8 Å². The highest BCUT2D eigenvalue weighted by Crippen LogP contribution is 2.31. The molecular formula is C26H24N6O3. The van der Waals surface area contributed by atoms with Crippen molar-refractivity contribution in [3.05, 3.63) is 77.9 Å². The fourth-order valence-electron chi connectivity index (χ4n) is 4.11. The molecule has 3 aromatic carbocycles. The van der Waals surface area contributed by atoms with E-state index in [1.807, 2.05) is 41.8 Å². The van der Waals surface area contributed by atoms with Crippen LogP contribution in [0.2, 0.25) is 0 Å². The van der Waals surface area contributed by atoms with Gasteiger partial charge in [0.25, 0.3) is 6.01 Å². The highest BCUT2D eigenvalue weighted by molar-refractivity contribution is 6.02. The fraction of sp³-hybridized carbons (Fsp3) is 0.192. The predicted molar refractivity (Wildman–Crippen MR) is 131 cm³/mol. The Hall–Kier alpha value is -4.53. The fourth-order valence-corrected chi connectivity index (χ4v) is 4.11. The number of nitrogens with one attached hydrogen (secondary N) is 1. The van der Waals surface area contributed by atoms with Crippen LogP contribution < -0.4 is 4.74 Å². The monoisotopic (exact) mass is 468 g/mol. The zero-order chi connectivity index (χ0) is 24.2. The number of aromatic nitrogens is 6. The molecule has 1 N–H and O–H groups in total. The second-order valence-corrected chi connectivity index (χ2v) is 7.80. The van der Waals surface area contributed by atoms with Crippen molar-refractivity contribution in [1.82, 2.24) is 30.2 Å². The van der Waals surface area contributed by atoms with Crippen molar-refractivity contribution in [1.29, 1.82) is 0 Å². The Labute approximate surface area is 201 Å². The van der Waals surface area contributed by atoms with Crippen LogP contribution >= 0.6 is 0 Å². The molecule has 35 heavy (non-hydrogen) atoms. The first kappa shape index (κ1) is 22.3. The third kappa shape index (κ3) is 4.35. The normalized spacial score (nSPS) is 11.0. The van der Waals surface area contributed by atoms with Crippen molar-refractivity contribution in [3.8, 4) is 28.5 Å². The summed E-state index contributed by atoms with van der Waals surface area (Å²) in [6.45, 7) is 4.95. The number of hydrogen-bond acceptors (Lipinski definition) is 7. The summed E-state index contributed by atoms with van der Waals surface area (Å²) in [5.74, 6) is 0.235. The summed E-state index contributed by atoms with van der Waals surface area (Å²) >= 11 is 0. The van der Waals surface area contributed by atoms with Gasteiger partial charge in [0.1, 0.15) is 0 Å². The summed E-state index contributed by atoms with van der Waals surface area (Å²) in [6, 6.07) is 22.1. The largest absolute Gasteiger partial charge is 0.465 e. The lowest BCUT2D eigenvalue weighted by Crippen LogP contribution is -2.10. The SMILES string of the molecule is CCOC(=O)c1cccc2nc(OCC)n(Cc3ccc(-c4ccccc4-c4nnn[nH]4)cc3)c12. The minimum Gasteiger partial charge on any atom is -0.465 e. The van der Waals surface area contributed by atoms with Crippen LogP contribution in [0, 0.1) is 0 Å². The van der Waals surface area contributed by atoms with Gasteiger partial charge in [-0.15, -0.1) is 5.10 Å². The molecule has 9 nitrogen and oxygen atoms in total. The zero-order valence-corrected chi connectivity index (χ0v) is 19.4. The van der Waals surface area contributed by atoms with Gasteiger partial charge in [0.05, 0.1) is 36.4 Å². The number of esters is 1. The molecule has 0 saturated carbocycles. The molecule has 0 bridgehead atoms. The maximum absolute atomic E-state index is 12.6. The Balaban J connectivity index is 1.52. The number of para-hydroxylation sites is 1. The zero-order valence-electron chi connectivity index (χ0n) is 19.4. The number of imidazole rings is 1. The van der Waals surface area contributed by atoms with Gasteiger partial charge in [-0.25, -0.2) is 9.89 Å². The van der Waals surface area contributed by atoms with Crippen molar-refractivity contribution in [2.75, 3.05) is 13.2 Å². The second-order valence-electron chi connectivity index (χ2n) is 7.80. The Morgan fingerprint density at radius 2 is 1.74 bits per heavy atom. The maximum atomic E-state index is 12.6. The van der Waals surface area contributed by atoms with Crippen LogP contribution in [0.15, 0.2) is 66.7 Å². The summed E-state index contributed by atoms with van der Waals surface area (Å²) in [5, 5.41) is 14.3. The maximum Gasteiger partial charge on any atom is 0.340 e. The van der Waals surface area contributed by atoms with E-state index >= 15 is 0 Å². The molecule has 0 spiro atoms. The number of nitrogens with zero attached hydrogens (tertiary/aromatic N) is 5. The highest BCUT2D eigenvalue weighted by Gasteiger charge is 2.20. The molecular weight excluding hydrogens is 444 g/mol. The first-order chi connectivity index (χ1) is 17.2. The molecule has 0 saturated heterocycles. The third-order valence-corrected chi connectivity index (χ3v) is 5.63. The van der Waals surface area contributed by atoms with Gasteiger partial charge in [-0.3, -0.25) is 4.57 Å². The standard InChI is InChI=1S/C26H24N6O3/c1-3-34-25(33)21-10-7-11-22-23(21)32(26(27-22)35-4-2)16-17-12-14-18(15-13-17)19-8-5-6-9-20(19)24-28-30-31-29-24/h5-15H,3-4,16H2,1-2H3,(H,28,29,30,31). The minimum absolute atomic E-state index is 0.300. The summed E-state index contributed by atoms with van der Waals surface area (Å²) in [7, 11) is 0. The topological polar surface area (TPSA) is 108 Å². The van der Waals surface area contributed by atoms with Gasteiger partial charge in [-0.05, 0) is 53.1 Å². The number of hydrogen-bond donors (Lipinski definition) is 1. The number of benzene rings is 3. The molecule has 0 radical (unpaired) electrons. The van der Waals surface area contributed by atoms with Crippen molar-refractivity contribution in [2.24, 2.45) is 0 Å². The van der Waals surface area contributed by atoms with Crippen LogP contribution in [-0.4, -0.2) is 49.4 Å². The molecule has 0 aliphatic carbocycles. The molecule has 9 heteroatoms. The third-order valence-electron chi connectivity index (χ3n) is 5.63. The van der Waals surface area contributed by atoms with Crippen molar-refractivity contribution < 1.29 is 14.3 Å². The molecule has 0 unspecified atom stereocenters. The Kier molecular flexibility index (Phi) is 6.21. The van der Waals surface area contributed by atoms with Gasteiger partial charge in [0.2, 0.25) is 0 Å². The van der Waals surface area contributed by atoms with E-state index < -0.39 is 0 Å². The molecule has 0 aliphatic heterocycles. The average molecular weight is 469 g/mol. The van der Waals surface area contributed by atoms with E-state index in [1.54, 1.807) is 19.1 Å². The number of H-pyrrole nitrogens is 1. The number of rotatable bonds is 8. The molecule has 2 heterocycles. The van der Waals surface area contributed by atoms with E-state index in [2.05, 4.69) is 49.9 Å². The van der Waals surface area contributed by atoms with Crippen molar-refractivity contribution in [3.63, 3.8) is 0 Å². The first-order valence-electron chi connectivity index (χ1n) is 11.4. The van der Waals surface area contributed by atoms with E-state index in [-0.39, 0.29) is 5.97 Å². The summed E-state index contributed by atoms with van der Waals surface area (Å²) in [5.41, 5.74) is 5.86. The summed E-state index contributed by atoms with van der Waals surface area (Å²) < 4.78 is 13.0. The Morgan fingerprint density at radius 1 is 0.943 bits per heavy atom. The van der Waals surface area contributed by atoms with Crippen LogP contribution in [0.3, 0.4) is 0 Å². The van der Waals surface area contributed by atoms with E-state index in [4.69, 9.17) is 9.47 Å². The molecule has 5 rings (SSSR count). The van der Waals surface area contributed by atoms with Gasteiger partial charge in [-0.1, -0.05) is 54.6 Å². The van der Waals surface area contributed by atoms with Gasteiger partial charge in [0, 0.05) is 5.56 Å². The molecule has 0 aliphatic rings. The number of fused-ring (bicyclic) bond motifs is 1. The lowest BCUT2D eigenvalue weighted by Gasteiger charge is -2.12. The average Bonchev–Trinajstić information content (AvgIpc) is 3.54. The lowest BCUT2D eigenvalue weighted by atomic mass is 9.98. The Morgan fingerprint density at radius 3 is 2.46 bits per heavy atom. The number of carbonyl (C=O) groups is 1. The quantitative estimate of drug-likeness (QED) is 0.334. The molecule has 2 aromatic heterocycles. The minimum atomic E-state index is -0.379. The molecule has 0 atom stereocenters. The van der Waals surface area contributed by atoms with Gasteiger partial charge in [0.15, 0.2) is 5.82 Å². The van der Waals surface area contributed by atoms with E-state index in [0.717, 1.165) is 22.3 Å². The number of tetrazole rings is 1. The second kappa shape index (κ2) is 9.76. The van der Waals surface area contributed by atoms with Gasteiger partial charge >= 0.3 is 5.97 Å². The molecule has 0 amide bonds. The Bertz CT molecular complexity index is 1460. The van der Waals surface area contributed by atoms with E-state index in [9.17, 15) is 4.79 Å². The molecule has 5 aromatic rings. The predicted octanol–water partition coefficient (Wildman–Crippen LogP) is 4.51. The molecule has 0 fully saturated rings. The van der Waals surface area contributed by atoms with Crippen molar-refractivity contribution in [2.45, 2.75) is 20.4 Å². The van der Waals surface area contributed by atoms with Crippen LogP contribution in [-0.2, 0) is 11.3 Å². The number of aromatic amines is 1. The molecule has 176 valence electrons. The number of ether oxygens (including phenoxy) is 2. The van der Waals surface area contributed by atoms with E-state index in [1.165, 1.54) is 0 Å². The number of carbonyl (C=O) groups excluding carboxylic acids is 1. The van der Waals surface area contributed by atoms with Gasteiger partial charge in [-0.2, -0.15) is 4.98 Å². The smallest absolute Gasteiger partial charge is 0.340 e.